The van der Waals surface area contributed by atoms with Gasteiger partial charge < -0.3 is 10.0 Å². The summed E-state index contributed by atoms with van der Waals surface area (Å²) >= 11 is 3.56. The zero-order chi connectivity index (χ0) is 39.3. The predicted octanol–water partition coefficient (Wildman–Crippen LogP) is 14.6. The van der Waals surface area contributed by atoms with Crippen LogP contribution in [0.25, 0.3) is 69.0 Å². The van der Waals surface area contributed by atoms with Gasteiger partial charge in [-0.15, -0.1) is 22.7 Å². The minimum absolute atomic E-state index is 0.186. The molecule has 4 nitrogen and oxygen atoms in total. The third-order valence-electron chi connectivity index (χ3n) is 11.6. The van der Waals surface area contributed by atoms with Gasteiger partial charge in [-0.1, -0.05) is 125 Å². The molecule has 57 heavy (non-hydrogen) atoms. The molecule has 0 saturated carbocycles. The Labute approximate surface area is 341 Å². The lowest BCUT2D eigenvalue weighted by Gasteiger charge is -2.42. The van der Waals surface area contributed by atoms with Gasteiger partial charge in [-0.3, -0.25) is 0 Å². The largest absolute Gasteiger partial charge is 0.477 e. The SMILES string of the molecule is CCCCCCN1c2ccccc2C(C)(C)c2cc(-c3cc4c(cc3-c3ccccc3)sc3c5cc(/C=C(\C#N)C(=O)O)c(-c6ccccc6)cc5sc43)ccc21. The molecule has 0 fully saturated rings. The monoisotopic (exact) mass is 778 g/mol. The molecular formula is C51H42N2O2S2. The van der Waals surface area contributed by atoms with Gasteiger partial charge in [-0.25, -0.2) is 4.79 Å². The predicted molar refractivity (Wildman–Crippen MR) is 242 cm³/mol. The molecule has 9 rings (SSSR count). The first-order valence-electron chi connectivity index (χ1n) is 19.7. The van der Waals surface area contributed by atoms with Crippen molar-refractivity contribution in [3.05, 3.63) is 150 Å². The fourth-order valence-corrected chi connectivity index (χ4v) is 11.3. The van der Waals surface area contributed by atoms with E-state index in [2.05, 4.69) is 123 Å². The average Bonchev–Trinajstić information content (AvgIpc) is 3.77. The lowest BCUT2D eigenvalue weighted by atomic mass is 9.72. The van der Waals surface area contributed by atoms with Crippen molar-refractivity contribution in [1.82, 2.24) is 0 Å². The number of unbranched alkanes of at least 4 members (excludes halogenated alkanes) is 3. The second kappa shape index (κ2) is 14.8. The first-order chi connectivity index (χ1) is 27.8. The zero-order valence-corrected chi connectivity index (χ0v) is 33.9. The number of aliphatic carboxylic acids is 1. The van der Waals surface area contributed by atoms with Crippen molar-refractivity contribution >= 4 is 75.7 Å². The number of carboxylic acids is 1. The molecule has 1 aliphatic heterocycles. The van der Waals surface area contributed by atoms with E-state index in [1.54, 1.807) is 22.7 Å². The van der Waals surface area contributed by atoms with E-state index < -0.39 is 5.97 Å². The first-order valence-corrected chi connectivity index (χ1v) is 21.3. The second-order valence-electron chi connectivity index (χ2n) is 15.5. The molecule has 1 aliphatic rings. The molecule has 8 aromatic rings. The van der Waals surface area contributed by atoms with Crippen LogP contribution in [0, 0.1) is 11.3 Å². The molecule has 1 N–H and O–H groups in total. The molecule has 0 aliphatic carbocycles. The molecular weight excluding hydrogens is 737 g/mol. The molecule has 6 heteroatoms. The Bertz CT molecular complexity index is 2910. The number of rotatable bonds is 10. The van der Waals surface area contributed by atoms with Crippen LogP contribution >= 0.6 is 22.7 Å². The highest BCUT2D eigenvalue weighted by Crippen LogP contribution is 2.52. The van der Waals surface area contributed by atoms with E-state index >= 15 is 0 Å². The number of carboxylic acid groups (broad SMARTS) is 1. The minimum atomic E-state index is -1.23. The van der Waals surface area contributed by atoms with Gasteiger partial charge in [-0.05, 0) is 105 Å². The van der Waals surface area contributed by atoms with Crippen molar-refractivity contribution in [1.29, 1.82) is 5.26 Å². The summed E-state index contributed by atoms with van der Waals surface area (Å²) in [6, 6.07) is 47.6. The Morgan fingerprint density at radius 3 is 1.95 bits per heavy atom. The zero-order valence-electron chi connectivity index (χ0n) is 32.3. The van der Waals surface area contributed by atoms with Crippen LogP contribution in [0.2, 0.25) is 0 Å². The molecule has 3 heterocycles. The van der Waals surface area contributed by atoms with Crippen LogP contribution in [0.4, 0.5) is 11.4 Å². The van der Waals surface area contributed by atoms with Gasteiger partial charge in [0.2, 0.25) is 0 Å². The molecule has 280 valence electrons. The number of hydrogen-bond acceptors (Lipinski definition) is 5. The Kier molecular flexibility index (Phi) is 9.52. The van der Waals surface area contributed by atoms with Crippen LogP contribution in [0.5, 0.6) is 0 Å². The van der Waals surface area contributed by atoms with E-state index in [-0.39, 0.29) is 11.0 Å². The number of thiophene rings is 2. The summed E-state index contributed by atoms with van der Waals surface area (Å²) in [7, 11) is 0. The summed E-state index contributed by atoms with van der Waals surface area (Å²) in [4.78, 5) is 14.5. The van der Waals surface area contributed by atoms with Crippen LogP contribution in [-0.4, -0.2) is 17.6 Å². The molecule has 0 atom stereocenters. The molecule has 0 spiro atoms. The standard InChI is InChI=1S/C51H42N2O2S2/c1-4-5-6-15-24-53-44-21-14-13-20-42(44)51(2,3)43-27-34(22-23-45(43)53)38-28-41-47(30-39(38)33-18-11-8-12-19-33)57-48-40-26-35(25-36(31-52)50(54)55)37(29-46(40)56-49(41)48)32-16-9-7-10-17-32/h7-14,16-23,25-30H,4-6,15,24H2,1-3H3,(H,54,55)/b36-25+. The minimum Gasteiger partial charge on any atom is -0.477 e. The van der Waals surface area contributed by atoms with Crippen LogP contribution in [0.15, 0.2) is 133 Å². The normalized spacial score (nSPS) is 13.5. The van der Waals surface area contributed by atoms with Gasteiger partial charge in [0.1, 0.15) is 11.6 Å². The fourth-order valence-electron chi connectivity index (χ4n) is 8.64. The molecule has 0 saturated heterocycles. The molecule has 0 radical (unpaired) electrons. The Morgan fingerprint density at radius 1 is 0.684 bits per heavy atom. The number of fused-ring (bicyclic) bond motifs is 7. The molecule has 2 aromatic heterocycles. The Morgan fingerprint density at radius 2 is 1.28 bits per heavy atom. The van der Waals surface area contributed by atoms with Crippen molar-refractivity contribution in [3.63, 3.8) is 0 Å². The van der Waals surface area contributed by atoms with Crippen LogP contribution < -0.4 is 4.90 Å². The number of para-hydroxylation sites is 1. The first kappa shape index (κ1) is 36.6. The number of nitrogens with zero attached hydrogens (tertiary/aromatic N) is 2. The van der Waals surface area contributed by atoms with Crippen LogP contribution in [0.1, 0.15) is 63.1 Å². The van der Waals surface area contributed by atoms with E-state index in [0.717, 1.165) is 34.2 Å². The highest BCUT2D eigenvalue weighted by Gasteiger charge is 2.36. The second-order valence-corrected chi connectivity index (χ2v) is 17.6. The number of anilines is 2. The summed E-state index contributed by atoms with van der Waals surface area (Å²) in [5, 5.41) is 21.8. The van der Waals surface area contributed by atoms with E-state index in [1.165, 1.54) is 89.6 Å². The van der Waals surface area contributed by atoms with Crippen molar-refractivity contribution in [2.24, 2.45) is 0 Å². The van der Waals surface area contributed by atoms with Gasteiger partial charge in [0.15, 0.2) is 0 Å². The summed E-state index contributed by atoms with van der Waals surface area (Å²) in [6.45, 7) is 8.00. The summed E-state index contributed by atoms with van der Waals surface area (Å²) < 4.78 is 4.73. The van der Waals surface area contributed by atoms with Gasteiger partial charge >= 0.3 is 5.97 Å². The van der Waals surface area contributed by atoms with Crippen molar-refractivity contribution in [3.8, 4) is 39.4 Å². The lowest BCUT2D eigenvalue weighted by Crippen LogP contribution is -2.33. The maximum absolute atomic E-state index is 12.0. The highest BCUT2D eigenvalue weighted by molar-refractivity contribution is 7.36. The third-order valence-corrected chi connectivity index (χ3v) is 14.1. The number of nitriles is 1. The Balaban J connectivity index is 1.25. The topological polar surface area (TPSA) is 64.3 Å². The molecule has 0 unspecified atom stereocenters. The molecule has 0 amide bonds. The van der Waals surface area contributed by atoms with E-state index in [9.17, 15) is 15.2 Å². The number of hydrogen-bond donors (Lipinski definition) is 1. The van der Waals surface area contributed by atoms with Gasteiger partial charge in [0.05, 0.1) is 9.40 Å². The summed E-state index contributed by atoms with van der Waals surface area (Å²) in [6.07, 6.45) is 6.37. The summed E-state index contributed by atoms with van der Waals surface area (Å²) in [5.41, 5.74) is 12.2. The molecule has 6 aromatic carbocycles. The van der Waals surface area contributed by atoms with E-state index in [1.807, 2.05) is 36.4 Å². The van der Waals surface area contributed by atoms with E-state index in [4.69, 9.17) is 0 Å². The maximum atomic E-state index is 12.0. The van der Waals surface area contributed by atoms with Crippen LogP contribution in [-0.2, 0) is 10.2 Å². The van der Waals surface area contributed by atoms with E-state index in [0.29, 0.717) is 5.56 Å². The maximum Gasteiger partial charge on any atom is 0.346 e. The van der Waals surface area contributed by atoms with Gasteiger partial charge in [-0.2, -0.15) is 5.26 Å². The van der Waals surface area contributed by atoms with Gasteiger partial charge in [0.25, 0.3) is 0 Å². The highest BCUT2D eigenvalue weighted by atomic mass is 32.1. The van der Waals surface area contributed by atoms with Crippen molar-refractivity contribution in [2.75, 3.05) is 11.4 Å². The van der Waals surface area contributed by atoms with Gasteiger partial charge in [0, 0.05) is 43.5 Å². The lowest BCUT2D eigenvalue weighted by molar-refractivity contribution is -0.132. The van der Waals surface area contributed by atoms with Crippen molar-refractivity contribution in [2.45, 2.75) is 51.9 Å². The third kappa shape index (κ3) is 6.42. The Hall–Kier alpha value is -6.00. The number of benzene rings is 6. The van der Waals surface area contributed by atoms with Crippen molar-refractivity contribution < 1.29 is 9.90 Å². The van der Waals surface area contributed by atoms with Crippen LogP contribution in [0.3, 0.4) is 0 Å². The quantitative estimate of drug-likeness (QED) is 0.0853. The average molecular weight is 779 g/mol. The fraction of sp³-hybridized carbons (Fsp3) is 0.176. The number of carbonyl (C=O) groups is 1. The smallest absolute Gasteiger partial charge is 0.346 e. The molecule has 0 bridgehead atoms. The summed E-state index contributed by atoms with van der Waals surface area (Å²) in [5.74, 6) is -1.23.